The lowest BCUT2D eigenvalue weighted by molar-refractivity contribution is 0.185. The number of nitrogens with zero attached hydrogens (tertiary/aromatic N) is 1. The lowest BCUT2D eigenvalue weighted by atomic mass is 10.1. The molecule has 0 amide bonds. The third kappa shape index (κ3) is 5.11. The molecule has 0 aliphatic carbocycles. The van der Waals surface area contributed by atoms with E-state index in [1.807, 2.05) is 0 Å². The lowest BCUT2D eigenvalue weighted by Crippen LogP contribution is -2.37. The number of ether oxygens (including phenoxy) is 1. The summed E-state index contributed by atoms with van der Waals surface area (Å²) in [6.45, 7) is 4.32. The van der Waals surface area contributed by atoms with E-state index in [0.717, 1.165) is 25.5 Å². The first-order chi connectivity index (χ1) is 13.2. The van der Waals surface area contributed by atoms with E-state index in [9.17, 15) is 0 Å². The number of hydrogen-bond acceptors (Lipinski definition) is 2. The smallest absolute Gasteiger partial charge is 0.191 e. The summed E-state index contributed by atoms with van der Waals surface area (Å²) < 4.78 is 5.14. The Bertz CT molecular complexity index is 896. The van der Waals surface area contributed by atoms with Crippen molar-refractivity contribution in [3.8, 4) is 0 Å². The summed E-state index contributed by atoms with van der Waals surface area (Å²) in [5.74, 6) is 0.812. The SMILES string of the molecule is CN=C(NCCc1c[nH]c2cc(C)ccc12)NCc1ccc(COC)cc1. The van der Waals surface area contributed by atoms with Crippen LogP contribution in [0.3, 0.4) is 0 Å². The van der Waals surface area contributed by atoms with E-state index >= 15 is 0 Å². The van der Waals surface area contributed by atoms with Crippen LogP contribution < -0.4 is 10.6 Å². The quantitative estimate of drug-likeness (QED) is 0.444. The Morgan fingerprint density at radius 2 is 1.85 bits per heavy atom. The number of methoxy groups -OCH3 is 1. The van der Waals surface area contributed by atoms with Gasteiger partial charge in [0.1, 0.15) is 0 Å². The van der Waals surface area contributed by atoms with Crippen molar-refractivity contribution in [3.63, 3.8) is 0 Å². The molecule has 0 aliphatic rings. The first kappa shape index (κ1) is 19.0. The van der Waals surface area contributed by atoms with Crippen molar-refractivity contribution < 1.29 is 4.74 Å². The molecule has 5 heteroatoms. The minimum absolute atomic E-state index is 0.643. The molecule has 0 bridgehead atoms. The predicted molar refractivity (Wildman–Crippen MR) is 112 cm³/mol. The summed E-state index contributed by atoms with van der Waals surface area (Å²) in [5, 5.41) is 8.05. The molecule has 0 saturated carbocycles. The molecule has 3 rings (SSSR count). The topological polar surface area (TPSA) is 61.4 Å². The van der Waals surface area contributed by atoms with Gasteiger partial charge in [-0.15, -0.1) is 0 Å². The highest BCUT2D eigenvalue weighted by atomic mass is 16.5. The van der Waals surface area contributed by atoms with E-state index in [4.69, 9.17) is 4.74 Å². The lowest BCUT2D eigenvalue weighted by Gasteiger charge is -2.12. The van der Waals surface area contributed by atoms with Crippen molar-refractivity contribution in [1.82, 2.24) is 15.6 Å². The van der Waals surface area contributed by atoms with E-state index in [1.54, 1.807) is 14.2 Å². The number of hydrogen-bond donors (Lipinski definition) is 3. The first-order valence-electron chi connectivity index (χ1n) is 9.27. The second-order valence-electron chi connectivity index (χ2n) is 6.72. The predicted octanol–water partition coefficient (Wildman–Crippen LogP) is 3.53. The first-order valence-corrected chi connectivity index (χ1v) is 9.27. The Balaban J connectivity index is 1.48. The van der Waals surface area contributed by atoms with Crippen LogP contribution in [0, 0.1) is 6.92 Å². The molecule has 3 aromatic rings. The van der Waals surface area contributed by atoms with Crippen molar-refractivity contribution in [3.05, 3.63) is 70.9 Å². The minimum Gasteiger partial charge on any atom is -0.380 e. The van der Waals surface area contributed by atoms with E-state index in [1.165, 1.54) is 33.2 Å². The Hall–Kier alpha value is -2.79. The van der Waals surface area contributed by atoms with Gasteiger partial charge in [-0.3, -0.25) is 4.99 Å². The number of benzene rings is 2. The van der Waals surface area contributed by atoms with Gasteiger partial charge in [-0.1, -0.05) is 36.4 Å². The van der Waals surface area contributed by atoms with Crippen molar-refractivity contribution in [2.75, 3.05) is 20.7 Å². The molecule has 2 aromatic carbocycles. The summed E-state index contributed by atoms with van der Waals surface area (Å²) in [7, 11) is 3.51. The Morgan fingerprint density at radius 1 is 1.07 bits per heavy atom. The highest BCUT2D eigenvalue weighted by Crippen LogP contribution is 2.19. The molecular formula is C22H28N4O. The summed E-state index contributed by atoms with van der Waals surface area (Å²) >= 11 is 0. The third-order valence-corrected chi connectivity index (χ3v) is 4.63. The molecule has 1 heterocycles. The number of H-pyrrole nitrogens is 1. The van der Waals surface area contributed by atoms with Crippen LogP contribution in [0.4, 0.5) is 0 Å². The van der Waals surface area contributed by atoms with E-state index < -0.39 is 0 Å². The number of aromatic amines is 1. The van der Waals surface area contributed by atoms with Crippen LogP contribution >= 0.6 is 0 Å². The number of rotatable bonds is 7. The van der Waals surface area contributed by atoms with Gasteiger partial charge in [-0.05, 0) is 41.7 Å². The average molecular weight is 364 g/mol. The van der Waals surface area contributed by atoms with Gasteiger partial charge in [0.2, 0.25) is 0 Å². The zero-order valence-corrected chi connectivity index (χ0v) is 16.3. The molecule has 0 atom stereocenters. The number of aromatic nitrogens is 1. The Kier molecular flexibility index (Phi) is 6.49. The van der Waals surface area contributed by atoms with Crippen molar-refractivity contribution in [2.45, 2.75) is 26.5 Å². The normalized spacial score (nSPS) is 11.7. The van der Waals surface area contributed by atoms with Crippen LogP contribution in [-0.2, 0) is 24.3 Å². The van der Waals surface area contributed by atoms with Gasteiger partial charge in [-0.25, -0.2) is 0 Å². The number of guanidine groups is 1. The minimum atomic E-state index is 0.643. The molecule has 142 valence electrons. The third-order valence-electron chi connectivity index (χ3n) is 4.63. The second kappa shape index (κ2) is 9.24. The molecule has 0 spiro atoms. The summed E-state index contributed by atoms with van der Waals surface area (Å²) in [6, 6.07) is 14.9. The van der Waals surface area contributed by atoms with Crippen molar-refractivity contribution in [2.24, 2.45) is 4.99 Å². The molecule has 0 unspecified atom stereocenters. The Labute approximate surface area is 160 Å². The van der Waals surface area contributed by atoms with Gasteiger partial charge >= 0.3 is 0 Å². The second-order valence-corrected chi connectivity index (χ2v) is 6.72. The highest BCUT2D eigenvalue weighted by Gasteiger charge is 2.04. The van der Waals surface area contributed by atoms with Gasteiger partial charge in [0.25, 0.3) is 0 Å². The van der Waals surface area contributed by atoms with E-state index in [-0.39, 0.29) is 0 Å². The maximum atomic E-state index is 5.14. The summed E-state index contributed by atoms with van der Waals surface area (Å²) in [4.78, 5) is 7.67. The van der Waals surface area contributed by atoms with Gasteiger partial charge in [0.15, 0.2) is 5.96 Å². The van der Waals surface area contributed by atoms with Gasteiger partial charge in [0, 0.05) is 44.3 Å². The van der Waals surface area contributed by atoms with Crippen molar-refractivity contribution in [1.29, 1.82) is 0 Å². The van der Waals surface area contributed by atoms with Crippen LogP contribution in [0.5, 0.6) is 0 Å². The maximum absolute atomic E-state index is 5.14. The molecule has 1 aromatic heterocycles. The molecule has 0 aliphatic heterocycles. The fourth-order valence-corrected chi connectivity index (χ4v) is 3.15. The molecule has 0 fully saturated rings. The monoisotopic (exact) mass is 364 g/mol. The molecule has 5 nitrogen and oxygen atoms in total. The van der Waals surface area contributed by atoms with Gasteiger partial charge in [-0.2, -0.15) is 0 Å². The van der Waals surface area contributed by atoms with Crippen LogP contribution in [0.2, 0.25) is 0 Å². The molecule has 0 saturated heterocycles. The average Bonchev–Trinajstić information content (AvgIpc) is 3.08. The molecular weight excluding hydrogens is 336 g/mol. The van der Waals surface area contributed by atoms with Crippen molar-refractivity contribution >= 4 is 16.9 Å². The van der Waals surface area contributed by atoms with Gasteiger partial charge < -0.3 is 20.4 Å². The summed E-state index contributed by atoms with van der Waals surface area (Å²) in [6.07, 6.45) is 3.04. The van der Waals surface area contributed by atoms with Crippen LogP contribution in [0.25, 0.3) is 10.9 Å². The zero-order valence-electron chi connectivity index (χ0n) is 16.3. The van der Waals surface area contributed by atoms with Crippen LogP contribution in [-0.4, -0.2) is 31.6 Å². The van der Waals surface area contributed by atoms with Crippen LogP contribution in [0.15, 0.2) is 53.7 Å². The maximum Gasteiger partial charge on any atom is 0.191 e. The van der Waals surface area contributed by atoms with E-state index in [0.29, 0.717) is 6.61 Å². The summed E-state index contributed by atoms with van der Waals surface area (Å²) in [5.41, 5.74) is 6.18. The van der Waals surface area contributed by atoms with Crippen LogP contribution in [0.1, 0.15) is 22.3 Å². The number of aliphatic imine (C=N–C) groups is 1. The number of aryl methyl sites for hydroxylation is 1. The van der Waals surface area contributed by atoms with E-state index in [2.05, 4.69) is 76.2 Å². The largest absolute Gasteiger partial charge is 0.380 e. The fraction of sp³-hybridized carbons (Fsp3) is 0.318. The number of fused-ring (bicyclic) bond motifs is 1. The molecule has 3 N–H and O–H groups in total. The molecule has 0 radical (unpaired) electrons. The standard InChI is InChI=1S/C22H28N4O/c1-16-4-9-20-19(14-25-21(20)12-16)10-11-24-22(23-2)26-13-17-5-7-18(8-6-17)15-27-3/h4-9,12,14,25H,10-11,13,15H2,1-3H3,(H2,23,24,26). The highest BCUT2D eigenvalue weighted by molar-refractivity contribution is 5.84. The molecule has 27 heavy (non-hydrogen) atoms. The number of nitrogens with one attached hydrogen (secondary N) is 3. The Morgan fingerprint density at radius 3 is 2.59 bits per heavy atom. The fourth-order valence-electron chi connectivity index (χ4n) is 3.15. The van der Waals surface area contributed by atoms with Gasteiger partial charge in [0.05, 0.1) is 6.61 Å². The zero-order chi connectivity index (χ0) is 19.1.